The van der Waals surface area contributed by atoms with Crippen LogP contribution in [0, 0.1) is 5.92 Å². The van der Waals surface area contributed by atoms with Gasteiger partial charge in [-0.25, -0.2) is 4.98 Å². The molecule has 22 heavy (non-hydrogen) atoms. The van der Waals surface area contributed by atoms with Gasteiger partial charge in [-0.2, -0.15) is 0 Å². The average Bonchev–Trinajstić information content (AvgIpc) is 2.56. The van der Waals surface area contributed by atoms with Crippen LogP contribution in [-0.4, -0.2) is 67.0 Å². The molecular weight excluding hydrogens is 276 g/mol. The lowest BCUT2D eigenvalue weighted by molar-refractivity contribution is 0.0691. The molecule has 0 aromatic carbocycles. The summed E-state index contributed by atoms with van der Waals surface area (Å²) in [5.74, 6) is 0.813. The number of piperazine rings is 1. The molecule has 0 N–H and O–H groups in total. The van der Waals surface area contributed by atoms with Gasteiger partial charge in [-0.15, -0.1) is 0 Å². The summed E-state index contributed by atoms with van der Waals surface area (Å²) in [6.45, 7) is 8.18. The van der Waals surface area contributed by atoms with E-state index in [4.69, 9.17) is 0 Å². The molecule has 0 unspecified atom stereocenters. The van der Waals surface area contributed by atoms with Crippen LogP contribution in [-0.2, 0) is 0 Å². The predicted molar refractivity (Wildman–Crippen MR) is 88.2 cm³/mol. The summed E-state index contributed by atoms with van der Waals surface area (Å²) in [7, 11) is 2.15. The summed E-state index contributed by atoms with van der Waals surface area (Å²) < 4.78 is 0. The molecule has 2 aliphatic rings. The van der Waals surface area contributed by atoms with Crippen molar-refractivity contribution in [2.75, 3.05) is 51.2 Å². The van der Waals surface area contributed by atoms with E-state index < -0.39 is 0 Å². The number of likely N-dealkylation sites (N-methyl/N-ethyl adjacent to an activating group) is 1. The Hall–Kier alpha value is -1.62. The summed E-state index contributed by atoms with van der Waals surface area (Å²) in [4.78, 5) is 23.5. The van der Waals surface area contributed by atoms with E-state index in [9.17, 15) is 4.79 Å². The topological polar surface area (TPSA) is 39.7 Å². The molecule has 3 heterocycles. The van der Waals surface area contributed by atoms with Crippen LogP contribution in [0.1, 0.15) is 30.3 Å². The van der Waals surface area contributed by atoms with Gasteiger partial charge in [0, 0.05) is 39.3 Å². The third-order valence-electron chi connectivity index (χ3n) is 4.91. The molecule has 1 amide bonds. The molecule has 0 radical (unpaired) electrons. The van der Waals surface area contributed by atoms with Gasteiger partial charge in [0.05, 0.1) is 11.9 Å². The Kier molecular flexibility index (Phi) is 4.62. The van der Waals surface area contributed by atoms with E-state index in [0.29, 0.717) is 5.69 Å². The van der Waals surface area contributed by atoms with Crippen LogP contribution >= 0.6 is 0 Å². The van der Waals surface area contributed by atoms with Gasteiger partial charge in [0.2, 0.25) is 0 Å². The normalized spacial score (nSPS) is 21.2. The first-order valence-electron chi connectivity index (χ1n) is 8.32. The van der Waals surface area contributed by atoms with Crippen molar-refractivity contribution < 1.29 is 4.79 Å². The van der Waals surface area contributed by atoms with Crippen molar-refractivity contribution in [1.29, 1.82) is 0 Å². The quantitative estimate of drug-likeness (QED) is 0.834. The van der Waals surface area contributed by atoms with E-state index in [1.54, 1.807) is 0 Å². The van der Waals surface area contributed by atoms with E-state index in [1.165, 1.54) is 0 Å². The number of anilines is 1. The fourth-order valence-electron chi connectivity index (χ4n) is 3.14. The number of carbonyl (C=O) groups excluding carboxylic acids is 1. The summed E-state index contributed by atoms with van der Waals surface area (Å²) in [5, 5.41) is 0. The molecule has 0 saturated carbocycles. The molecule has 0 bridgehead atoms. The van der Waals surface area contributed by atoms with Crippen LogP contribution in [0.4, 0.5) is 5.69 Å². The summed E-state index contributed by atoms with van der Waals surface area (Å²) in [5.41, 5.74) is 1.70. The Bertz CT molecular complexity index is 500. The van der Waals surface area contributed by atoms with E-state index >= 15 is 0 Å². The lowest BCUT2D eigenvalue weighted by atomic mass is 9.99. The number of piperidine rings is 1. The number of amides is 1. The smallest absolute Gasteiger partial charge is 0.272 e. The van der Waals surface area contributed by atoms with Crippen molar-refractivity contribution in [1.82, 2.24) is 14.8 Å². The first-order valence-corrected chi connectivity index (χ1v) is 8.32. The van der Waals surface area contributed by atoms with Crippen molar-refractivity contribution in [2.45, 2.75) is 19.8 Å². The van der Waals surface area contributed by atoms with Gasteiger partial charge in [-0.05, 0) is 37.9 Å². The number of likely N-dealkylation sites (tertiary alicyclic amines) is 1. The van der Waals surface area contributed by atoms with E-state index in [2.05, 4.69) is 28.8 Å². The van der Waals surface area contributed by atoms with Gasteiger partial charge in [-0.1, -0.05) is 6.92 Å². The number of pyridine rings is 1. The minimum Gasteiger partial charge on any atom is -0.368 e. The molecule has 5 heteroatoms. The zero-order chi connectivity index (χ0) is 15.5. The van der Waals surface area contributed by atoms with E-state index in [-0.39, 0.29) is 5.91 Å². The van der Waals surface area contributed by atoms with E-state index in [0.717, 1.165) is 63.7 Å². The number of nitrogens with zero attached hydrogens (tertiary/aromatic N) is 4. The third kappa shape index (κ3) is 3.40. The number of hydrogen-bond donors (Lipinski definition) is 0. The second-order valence-corrected chi connectivity index (χ2v) is 6.67. The molecular formula is C17H26N4O. The zero-order valence-electron chi connectivity index (χ0n) is 13.7. The molecule has 0 atom stereocenters. The van der Waals surface area contributed by atoms with Gasteiger partial charge in [0.25, 0.3) is 5.91 Å². The maximum Gasteiger partial charge on any atom is 0.272 e. The van der Waals surface area contributed by atoms with Crippen LogP contribution in [0.15, 0.2) is 18.3 Å². The lowest BCUT2D eigenvalue weighted by Crippen LogP contribution is -2.44. The average molecular weight is 302 g/mol. The minimum atomic E-state index is 0.0804. The molecule has 0 spiro atoms. The first kappa shape index (κ1) is 15.3. The van der Waals surface area contributed by atoms with Crippen molar-refractivity contribution >= 4 is 11.6 Å². The SMILES string of the molecule is CC1CCN(C(=O)c2ccc(N3CCN(C)CC3)cn2)CC1. The second kappa shape index (κ2) is 6.65. The Balaban J connectivity index is 1.62. The molecule has 120 valence electrons. The van der Waals surface area contributed by atoms with Crippen molar-refractivity contribution in [3.8, 4) is 0 Å². The third-order valence-corrected chi connectivity index (χ3v) is 4.91. The Morgan fingerprint density at radius 1 is 1.09 bits per heavy atom. The van der Waals surface area contributed by atoms with Gasteiger partial charge in [-0.3, -0.25) is 4.79 Å². The van der Waals surface area contributed by atoms with Crippen LogP contribution < -0.4 is 4.90 Å². The number of aromatic nitrogens is 1. The summed E-state index contributed by atoms with van der Waals surface area (Å²) in [6.07, 6.45) is 4.06. The molecule has 1 aromatic rings. The first-order chi connectivity index (χ1) is 10.6. The molecule has 1 aromatic heterocycles. The predicted octanol–water partition coefficient (Wildman–Crippen LogP) is 1.71. The highest BCUT2D eigenvalue weighted by molar-refractivity contribution is 5.92. The van der Waals surface area contributed by atoms with Crippen LogP contribution in [0.3, 0.4) is 0 Å². The number of hydrogen-bond acceptors (Lipinski definition) is 4. The Morgan fingerprint density at radius 2 is 1.77 bits per heavy atom. The van der Waals surface area contributed by atoms with Crippen molar-refractivity contribution in [3.63, 3.8) is 0 Å². The van der Waals surface area contributed by atoms with E-state index in [1.807, 2.05) is 23.2 Å². The fraction of sp³-hybridized carbons (Fsp3) is 0.647. The van der Waals surface area contributed by atoms with Crippen LogP contribution in [0.2, 0.25) is 0 Å². The lowest BCUT2D eigenvalue weighted by Gasteiger charge is -2.34. The molecule has 0 aliphatic carbocycles. The maximum absolute atomic E-state index is 12.5. The molecule has 3 rings (SSSR count). The van der Waals surface area contributed by atoms with Crippen LogP contribution in [0.5, 0.6) is 0 Å². The molecule has 2 aliphatic heterocycles. The Morgan fingerprint density at radius 3 is 2.36 bits per heavy atom. The van der Waals surface area contributed by atoms with Gasteiger partial charge in [0.1, 0.15) is 5.69 Å². The molecule has 2 fully saturated rings. The highest BCUT2D eigenvalue weighted by Gasteiger charge is 2.22. The van der Waals surface area contributed by atoms with Gasteiger partial charge >= 0.3 is 0 Å². The standard InChI is InChI=1S/C17H26N4O/c1-14-5-7-21(8-6-14)17(22)16-4-3-15(13-18-16)20-11-9-19(2)10-12-20/h3-4,13-14H,5-12H2,1-2H3. The van der Waals surface area contributed by atoms with Crippen molar-refractivity contribution in [2.24, 2.45) is 5.92 Å². The van der Waals surface area contributed by atoms with Crippen LogP contribution in [0.25, 0.3) is 0 Å². The number of rotatable bonds is 2. The highest BCUT2D eigenvalue weighted by Crippen LogP contribution is 2.19. The summed E-state index contributed by atoms with van der Waals surface area (Å²) >= 11 is 0. The second-order valence-electron chi connectivity index (χ2n) is 6.67. The van der Waals surface area contributed by atoms with Crippen molar-refractivity contribution in [3.05, 3.63) is 24.0 Å². The zero-order valence-corrected chi connectivity index (χ0v) is 13.7. The Labute approximate surface area is 132 Å². The molecule has 5 nitrogen and oxygen atoms in total. The fourth-order valence-corrected chi connectivity index (χ4v) is 3.14. The van der Waals surface area contributed by atoms with Gasteiger partial charge in [0.15, 0.2) is 0 Å². The summed E-state index contributed by atoms with van der Waals surface area (Å²) in [6, 6.07) is 3.92. The number of carbonyl (C=O) groups is 1. The van der Waals surface area contributed by atoms with Gasteiger partial charge < -0.3 is 14.7 Å². The molecule has 2 saturated heterocycles. The highest BCUT2D eigenvalue weighted by atomic mass is 16.2. The largest absolute Gasteiger partial charge is 0.368 e. The maximum atomic E-state index is 12.5. The monoisotopic (exact) mass is 302 g/mol. The minimum absolute atomic E-state index is 0.0804.